The van der Waals surface area contributed by atoms with Crippen LogP contribution in [0, 0.1) is 6.92 Å². The van der Waals surface area contributed by atoms with Crippen LogP contribution < -0.4 is 15.5 Å². The van der Waals surface area contributed by atoms with Crippen molar-refractivity contribution in [2.75, 3.05) is 22.1 Å². The summed E-state index contributed by atoms with van der Waals surface area (Å²) in [5, 5.41) is 6.04. The molecule has 0 spiro atoms. The smallest absolute Gasteiger partial charge is 0.246 e. The van der Waals surface area contributed by atoms with Crippen molar-refractivity contribution in [1.82, 2.24) is 0 Å². The second-order valence-electron chi connectivity index (χ2n) is 6.20. The lowest BCUT2D eigenvalue weighted by molar-refractivity contribution is -0.118. The fraction of sp³-hybridized carbons (Fsp3) is 0.263. The molecule has 0 unspecified atom stereocenters. The highest BCUT2D eigenvalue weighted by atomic mass is 79.9. The Bertz CT molecular complexity index is 822. The highest BCUT2D eigenvalue weighted by Gasteiger charge is 2.29. The lowest BCUT2D eigenvalue weighted by atomic mass is 10.1. The third-order valence-corrected chi connectivity index (χ3v) is 5.12. The van der Waals surface area contributed by atoms with Crippen molar-refractivity contribution in [2.45, 2.75) is 26.3 Å². The van der Waals surface area contributed by atoms with Gasteiger partial charge in [0.25, 0.3) is 0 Å². The number of aryl methyl sites for hydroxylation is 1. The number of amides is 2. The van der Waals surface area contributed by atoms with Crippen molar-refractivity contribution in [3.63, 3.8) is 0 Å². The van der Waals surface area contributed by atoms with Gasteiger partial charge in [-0.3, -0.25) is 9.59 Å². The molecule has 0 fully saturated rings. The molecule has 6 heteroatoms. The van der Waals surface area contributed by atoms with Gasteiger partial charge in [0.15, 0.2) is 0 Å². The summed E-state index contributed by atoms with van der Waals surface area (Å²) < 4.78 is 1.03. The fourth-order valence-corrected chi connectivity index (χ4v) is 3.23. The largest absolute Gasteiger partial charge is 0.376 e. The first kappa shape index (κ1) is 17.5. The molecule has 0 bridgehead atoms. The van der Waals surface area contributed by atoms with Gasteiger partial charge in [0.05, 0.1) is 17.9 Å². The van der Waals surface area contributed by atoms with Gasteiger partial charge in [-0.05, 0) is 49.7 Å². The van der Waals surface area contributed by atoms with Crippen LogP contribution in [-0.2, 0) is 9.59 Å². The van der Waals surface area contributed by atoms with E-state index in [2.05, 4.69) is 26.6 Å². The van der Waals surface area contributed by atoms with Crippen molar-refractivity contribution >= 4 is 44.8 Å². The van der Waals surface area contributed by atoms with Crippen LogP contribution in [0.2, 0.25) is 0 Å². The summed E-state index contributed by atoms with van der Waals surface area (Å²) in [6.45, 7) is 4.05. The maximum atomic E-state index is 12.9. The topological polar surface area (TPSA) is 61.4 Å². The molecule has 1 heterocycles. The fourth-order valence-electron chi connectivity index (χ4n) is 2.99. The van der Waals surface area contributed by atoms with Crippen LogP contribution in [0.15, 0.2) is 46.9 Å². The monoisotopic (exact) mass is 401 g/mol. The lowest BCUT2D eigenvalue weighted by Crippen LogP contribution is -2.42. The predicted molar refractivity (Wildman–Crippen MR) is 104 cm³/mol. The van der Waals surface area contributed by atoms with Crippen molar-refractivity contribution in [1.29, 1.82) is 0 Å². The molecule has 0 aromatic heterocycles. The lowest BCUT2D eigenvalue weighted by Gasteiger charge is -2.28. The molecular weight excluding hydrogens is 382 g/mol. The zero-order valence-electron chi connectivity index (χ0n) is 14.2. The van der Waals surface area contributed by atoms with Crippen molar-refractivity contribution < 1.29 is 9.59 Å². The van der Waals surface area contributed by atoms with Crippen LogP contribution in [-0.4, -0.2) is 24.4 Å². The average Bonchev–Trinajstić information content (AvgIpc) is 2.70. The van der Waals surface area contributed by atoms with Crippen molar-refractivity contribution in [2.24, 2.45) is 0 Å². The van der Waals surface area contributed by atoms with Gasteiger partial charge < -0.3 is 15.5 Å². The number of carbonyl (C=O) groups is 2. The van der Waals surface area contributed by atoms with E-state index in [1.807, 2.05) is 56.3 Å². The molecule has 0 radical (unpaired) electrons. The van der Waals surface area contributed by atoms with E-state index in [-0.39, 0.29) is 30.8 Å². The van der Waals surface area contributed by atoms with E-state index >= 15 is 0 Å². The second kappa shape index (κ2) is 7.27. The Labute approximate surface area is 155 Å². The number of halogens is 1. The Morgan fingerprint density at radius 3 is 2.84 bits per heavy atom. The Hall–Kier alpha value is -2.34. The zero-order chi connectivity index (χ0) is 18.0. The van der Waals surface area contributed by atoms with Gasteiger partial charge >= 0.3 is 0 Å². The normalized spacial score (nSPS) is 16.7. The number of anilines is 3. The summed E-state index contributed by atoms with van der Waals surface area (Å²) in [5.41, 5.74) is 3.39. The first-order chi connectivity index (χ1) is 12.0. The molecule has 2 aromatic rings. The first-order valence-corrected chi connectivity index (χ1v) is 8.96. The standard InChI is InChI=1S/C19H20BrN3O2/c1-12-9-14(7-8-15(12)20)21-11-19(25)23-13(2)10-18(24)22-16-5-3-4-6-17(16)23/h3-9,13,21H,10-11H2,1-2H3,(H,22,24)/t13-/m1/s1. The van der Waals surface area contributed by atoms with Gasteiger partial charge in [0.1, 0.15) is 0 Å². The molecule has 0 saturated heterocycles. The van der Waals surface area contributed by atoms with E-state index in [0.29, 0.717) is 5.69 Å². The van der Waals surface area contributed by atoms with Gasteiger partial charge in [-0.25, -0.2) is 0 Å². The minimum absolute atomic E-state index is 0.0722. The first-order valence-electron chi connectivity index (χ1n) is 8.16. The minimum Gasteiger partial charge on any atom is -0.376 e. The highest BCUT2D eigenvalue weighted by Crippen LogP contribution is 2.31. The second-order valence-corrected chi connectivity index (χ2v) is 7.05. The molecular formula is C19H20BrN3O2. The Kier molecular flexibility index (Phi) is 5.08. The molecule has 2 N–H and O–H groups in total. The van der Waals surface area contributed by atoms with Crippen molar-refractivity contribution in [3.8, 4) is 0 Å². The van der Waals surface area contributed by atoms with E-state index in [1.165, 1.54) is 0 Å². The number of benzene rings is 2. The summed E-state index contributed by atoms with van der Waals surface area (Å²) in [6.07, 6.45) is 0.276. The minimum atomic E-state index is -0.204. The van der Waals surface area contributed by atoms with Gasteiger partial charge in [0, 0.05) is 22.6 Å². The number of nitrogens with one attached hydrogen (secondary N) is 2. The third-order valence-electron chi connectivity index (χ3n) is 4.23. The number of fused-ring (bicyclic) bond motifs is 1. The van der Waals surface area contributed by atoms with E-state index in [0.717, 1.165) is 21.4 Å². The number of carbonyl (C=O) groups excluding carboxylic acids is 2. The van der Waals surface area contributed by atoms with Crippen LogP contribution in [0.25, 0.3) is 0 Å². The maximum absolute atomic E-state index is 12.9. The van der Waals surface area contributed by atoms with Crippen LogP contribution >= 0.6 is 15.9 Å². The molecule has 0 aliphatic carbocycles. The molecule has 130 valence electrons. The zero-order valence-corrected chi connectivity index (χ0v) is 15.8. The molecule has 0 saturated carbocycles. The molecule has 1 atom stereocenters. The molecule has 2 aromatic carbocycles. The maximum Gasteiger partial charge on any atom is 0.246 e. The van der Waals surface area contributed by atoms with Gasteiger partial charge in [0.2, 0.25) is 11.8 Å². The summed E-state index contributed by atoms with van der Waals surface area (Å²) >= 11 is 3.47. The van der Waals surface area contributed by atoms with E-state index in [9.17, 15) is 9.59 Å². The van der Waals surface area contributed by atoms with Gasteiger partial charge in [-0.15, -0.1) is 0 Å². The quantitative estimate of drug-likeness (QED) is 0.818. The summed E-state index contributed by atoms with van der Waals surface area (Å²) in [7, 11) is 0. The molecule has 3 rings (SSSR count). The van der Waals surface area contributed by atoms with Crippen LogP contribution in [0.1, 0.15) is 18.9 Å². The number of hydrogen-bond donors (Lipinski definition) is 2. The Balaban J connectivity index is 1.80. The van der Waals surface area contributed by atoms with E-state index < -0.39 is 0 Å². The summed E-state index contributed by atoms with van der Waals surface area (Å²) in [6, 6.07) is 13.1. The number of hydrogen-bond acceptors (Lipinski definition) is 3. The molecule has 1 aliphatic rings. The van der Waals surface area contributed by atoms with E-state index in [4.69, 9.17) is 0 Å². The van der Waals surface area contributed by atoms with Crippen LogP contribution in [0.4, 0.5) is 17.1 Å². The SMILES string of the molecule is Cc1cc(NCC(=O)N2c3ccccc3NC(=O)C[C@H]2C)ccc1Br. The van der Waals surface area contributed by atoms with Gasteiger partial charge in [-0.2, -0.15) is 0 Å². The Morgan fingerprint density at radius 2 is 2.08 bits per heavy atom. The number of rotatable bonds is 3. The third kappa shape index (κ3) is 3.85. The highest BCUT2D eigenvalue weighted by molar-refractivity contribution is 9.10. The summed E-state index contributed by atoms with van der Waals surface area (Å²) in [4.78, 5) is 26.6. The van der Waals surface area contributed by atoms with E-state index in [1.54, 1.807) is 4.90 Å². The molecule has 5 nitrogen and oxygen atoms in total. The van der Waals surface area contributed by atoms with Crippen molar-refractivity contribution in [3.05, 3.63) is 52.5 Å². The molecule has 25 heavy (non-hydrogen) atoms. The average molecular weight is 402 g/mol. The predicted octanol–water partition coefficient (Wildman–Crippen LogP) is 3.93. The Morgan fingerprint density at radius 1 is 1.32 bits per heavy atom. The summed E-state index contributed by atoms with van der Waals surface area (Å²) in [5.74, 6) is -0.149. The van der Waals surface area contributed by atoms with Crippen LogP contribution in [0.5, 0.6) is 0 Å². The number of para-hydroxylation sites is 2. The van der Waals surface area contributed by atoms with Crippen LogP contribution in [0.3, 0.4) is 0 Å². The van der Waals surface area contributed by atoms with Gasteiger partial charge in [-0.1, -0.05) is 28.1 Å². The number of nitrogens with zero attached hydrogens (tertiary/aromatic N) is 1. The molecule has 1 aliphatic heterocycles. The molecule has 2 amide bonds.